The molecule has 1 saturated carbocycles. The van der Waals surface area contributed by atoms with Gasteiger partial charge in [0.05, 0.1) is 0 Å². The van der Waals surface area contributed by atoms with Crippen LogP contribution in [0.4, 0.5) is 0 Å². The summed E-state index contributed by atoms with van der Waals surface area (Å²) in [5.41, 5.74) is 4.69. The Hall–Kier alpha value is -0.630. The van der Waals surface area contributed by atoms with Gasteiger partial charge in [-0.3, -0.25) is 0 Å². The Kier molecular flexibility index (Phi) is 3.79. The van der Waals surface area contributed by atoms with Gasteiger partial charge < -0.3 is 5.32 Å². The monoisotopic (exact) mass is 261 g/mol. The summed E-state index contributed by atoms with van der Waals surface area (Å²) in [6.45, 7) is 4.75. The van der Waals surface area contributed by atoms with Crippen molar-refractivity contribution in [2.45, 2.75) is 64.8 Å². The highest BCUT2D eigenvalue weighted by molar-refractivity contribution is 5.77. The molecule has 1 fully saturated rings. The van der Waals surface area contributed by atoms with Gasteiger partial charge in [-0.15, -0.1) is 0 Å². The van der Waals surface area contributed by atoms with Crippen molar-refractivity contribution in [2.75, 3.05) is 7.05 Å². The van der Waals surface area contributed by atoms with Crippen molar-refractivity contribution in [3.05, 3.63) is 11.3 Å². The normalized spacial score (nSPS) is 33.5. The first-order valence-corrected chi connectivity index (χ1v) is 8.17. The molecular formula is C17H29N2+. The Balaban J connectivity index is 1.78. The smallest absolute Gasteiger partial charge is 0.180 e. The molecule has 0 aromatic carbocycles. The van der Waals surface area contributed by atoms with Gasteiger partial charge in [-0.25, -0.2) is 4.99 Å². The maximum Gasteiger partial charge on any atom is 0.180 e. The number of hydrogen-bond donors (Lipinski definition) is 2. The molecule has 2 heteroatoms. The van der Waals surface area contributed by atoms with E-state index in [9.17, 15) is 0 Å². The number of rotatable bonds is 3. The second-order valence-corrected chi connectivity index (χ2v) is 6.98. The molecule has 3 atom stereocenters. The van der Waals surface area contributed by atoms with E-state index in [4.69, 9.17) is 0 Å². The lowest BCUT2D eigenvalue weighted by molar-refractivity contribution is -0.407. The first kappa shape index (κ1) is 13.4. The molecule has 2 aliphatic carbocycles. The van der Waals surface area contributed by atoms with Gasteiger partial charge in [0, 0.05) is 31.4 Å². The average molecular weight is 261 g/mol. The summed E-state index contributed by atoms with van der Waals surface area (Å²) in [5.74, 6) is 2.89. The van der Waals surface area contributed by atoms with E-state index in [0.29, 0.717) is 6.04 Å². The van der Waals surface area contributed by atoms with E-state index in [1.807, 2.05) is 0 Å². The van der Waals surface area contributed by atoms with Gasteiger partial charge in [-0.2, -0.15) is 0 Å². The molecule has 1 aliphatic heterocycles. The highest BCUT2D eigenvalue weighted by Gasteiger charge is 2.37. The van der Waals surface area contributed by atoms with Crippen LogP contribution in [0.3, 0.4) is 0 Å². The lowest BCUT2D eigenvalue weighted by Crippen LogP contribution is -2.72. The SMILES string of the molecule is CNC1CC([C@@H](C)C2CC2)CCC2=C1CCC(C)=[NH+]2. The maximum atomic E-state index is 3.68. The quantitative estimate of drug-likeness (QED) is 0.798. The fourth-order valence-corrected chi connectivity index (χ4v) is 4.15. The fraction of sp³-hybridized carbons (Fsp3) is 0.824. The Morgan fingerprint density at radius 2 is 1.89 bits per heavy atom. The molecule has 3 rings (SSSR count). The van der Waals surface area contributed by atoms with Gasteiger partial charge in [-0.1, -0.05) is 6.92 Å². The summed E-state index contributed by atoms with van der Waals surface area (Å²) in [6, 6.07) is 0.615. The van der Waals surface area contributed by atoms with Gasteiger partial charge in [0.1, 0.15) is 0 Å². The zero-order valence-electron chi connectivity index (χ0n) is 12.8. The average Bonchev–Trinajstić information content (AvgIpc) is 3.24. The lowest BCUT2D eigenvalue weighted by atomic mass is 9.82. The van der Waals surface area contributed by atoms with Crippen LogP contribution in [0.25, 0.3) is 0 Å². The van der Waals surface area contributed by atoms with Crippen LogP contribution in [-0.2, 0) is 0 Å². The lowest BCUT2D eigenvalue weighted by Gasteiger charge is -2.26. The van der Waals surface area contributed by atoms with Crippen LogP contribution in [0, 0.1) is 17.8 Å². The van der Waals surface area contributed by atoms with Crippen molar-refractivity contribution in [3.8, 4) is 0 Å². The molecule has 0 radical (unpaired) electrons. The third-order valence-electron chi connectivity index (χ3n) is 5.70. The standard InChI is InChI=1S/C17H28N2/c1-11-4-8-15-16(19-11)9-7-14(10-17(15)18-3)12(2)13-5-6-13/h12-14,17-18H,4-10H2,1-3H3/p+1/t12-,14?,17?/m0/s1. The maximum absolute atomic E-state index is 3.68. The van der Waals surface area contributed by atoms with E-state index in [1.54, 1.807) is 11.3 Å². The summed E-state index contributed by atoms with van der Waals surface area (Å²) in [4.78, 5) is 3.68. The minimum Gasteiger partial charge on any atom is -0.313 e. The summed E-state index contributed by atoms with van der Waals surface area (Å²) >= 11 is 0. The van der Waals surface area contributed by atoms with Crippen LogP contribution in [-0.4, -0.2) is 18.8 Å². The predicted octanol–water partition coefficient (Wildman–Crippen LogP) is 2.01. The molecule has 0 saturated heterocycles. The number of nitrogens with one attached hydrogen (secondary N) is 2. The van der Waals surface area contributed by atoms with Gasteiger partial charge in [0.15, 0.2) is 11.4 Å². The van der Waals surface area contributed by atoms with E-state index in [1.165, 1.54) is 50.7 Å². The van der Waals surface area contributed by atoms with Crippen LogP contribution in [0.15, 0.2) is 11.3 Å². The molecule has 0 bridgehead atoms. The van der Waals surface area contributed by atoms with Crippen LogP contribution in [0.1, 0.15) is 58.8 Å². The van der Waals surface area contributed by atoms with Crippen LogP contribution in [0.2, 0.25) is 0 Å². The van der Waals surface area contributed by atoms with E-state index < -0.39 is 0 Å². The Bertz CT molecular complexity index is 403. The molecule has 19 heavy (non-hydrogen) atoms. The second-order valence-electron chi connectivity index (χ2n) is 6.98. The van der Waals surface area contributed by atoms with E-state index >= 15 is 0 Å². The highest BCUT2D eigenvalue weighted by atomic mass is 14.9. The first-order chi connectivity index (χ1) is 9.19. The van der Waals surface area contributed by atoms with Gasteiger partial charge in [-0.05, 0) is 56.9 Å². The van der Waals surface area contributed by atoms with Crippen molar-refractivity contribution >= 4 is 5.71 Å². The summed E-state index contributed by atoms with van der Waals surface area (Å²) in [5, 5.41) is 3.60. The van der Waals surface area contributed by atoms with E-state index in [2.05, 4.69) is 31.2 Å². The molecule has 3 aliphatic rings. The molecule has 2 unspecified atom stereocenters. The van der Waals surface area contributed by atoms with Crippen LogP contribution < -0.4 is 10.3 Å². The Labute approximate surface area is 117 Å². The molecule has 1 heterocycles. The summed E-state index contributed by atoms with van der Waals surface area (Å²) in [6.07, 6.45) is 9.47. The number of hydrogen-bond acceptors (Lipinski definition) is 1. The van der Waals surface area contributed by atoms with Crippen molar-refractivity contribution in [2.24, 2.45) is 17.8 Å². The number of likely N-dealkylation sites (N-methyl/N-ethyl adjacent to an activating group) is 1. The Morgan fingerprint density at radius 3 is 2.58 bits per heavy atom. The molecular weight excluding hydrogens is 232 g/mol. The third kappa shape index (κ3) is 2.79. The van der Waals surface area contributed by atoms with Crippen LogP contribution in [0.5, 0.6) is 0 Å². The highest BCUT2D eigenvalue weighted by Crippen LogP contribution is 2.44. The topological polar surface area (TPSA) is 26.0 Å². The van der Waals surface area contributed by atoms with Crippen LogP contribution >= 0.6 is 0 Å². The third-order valence-corrected chi connectivity index (χ3v) is 5.70. The van der Waals surface area contributed by atoms with Crippen molar-refractivity contribution < 1.29 is 4.99 Å². The van der Waals surface area contributed by atoms with E-state index in [0.717, 1.165) is 17.8 Å². The van der Waals surface area contributed by atoms with Crippen molar-refractivity contribution in [1.82, 2.24) is 5.32 Å². The fourth-order valence-electron chi connectivity index (χ4n) is 4.15. The van der Waals surface area contributed by atoms with E-state index in [-0.39, 0.29) is 0 Å². The predicted molar refractivity (Wildman–Crippen MR) is 80.0 cm³/mol. The van der Waals surface area contributed by atoms with Gasteiger partial charge in [0.25, 0.3) is 0 Å². The summed E-state index contributed by atoms with van der Waals surface area (Å²) < 4.78 is 0. The molecule has 2 N–H and O–H groups in total. The first-order valence-electron chi connectivity index (χ1n) is 8.17. The minimum absolute atomic E-state index is 0.615. The number of allylic oxidation sites excluding steroid dienone is 1. The molecule has 0 spiro atoms. The molecule has 0 aromatic heterocycles. The molecule has 0 aromatic rings. The summed E-state index contributed by atoms with van der Waals surface area (Å²) in [7, 11) is 2.14. The zero-order valence-corrected chi connectivity index (χ0v) is 12.8. The van der Waals surface area contributed by atoms with Crippen molar-refractivity contribution in [3.63, 3.8) is 0 Å². The molecule has 0 amide bonds. The minimum atomic E-state index is 0.615. The van der Waals surface area contributed by atoms with Gasteiger partial charge in [0.2, 0.25) is 0 Å². The van der Waals surface area contributed by atoms with Crippen molar-refractivity contribution in [1.29, 1.82) is 0 Å². The second kappa shape index (κ2) is 5.40. The largest absolute Gasteiger partial charge is 0.313 e. The molecule has 2 nitrogen and oxygen atoms in total. The van der Waals surface area contributed by atoms with Gasteiger partial charge >= 0.3 is 0 Å². The molecule has 106 valence electrons. The Morgan fingerprint density at radius 1 is 1.11 bits per heavy atom. The zero-order chi connectivity index (χ0) is 13.4.